The second-order valence-corrected chi connectivity index (χ2v) is 2.53. The van der Waals surface area contributed by atoms with Crippen molar-refractivity contribution in [1.29, 1.82) is 0 Å². The SMILES string of the molecule is CCc1cc(C(N)=O)c[n+](O)c1. The van der Waals surface area contributed by atoms with Crippen LogP contribution < -0.4 is 10.5 Å². The molecule has 64 valence electrons. The van der Waals surface area contributed by atoms with Gasteiger partial charge >= 0.3 is 0 Å². The summed E-state index contributed by atoms with van der Waals surface area (Å²) in [5.74, 6) is -0.534. The Morgan fingerprint density at radius 1 is 1.67 bits per heavy atom. The number of aryl methyl sites for hydroxylation is 1. The first-order chi connectivity index (χ1) is 5.63. The number of nitrogens with zero attached hydrogens (tertiary/aromatic N) is 1. The molecule has 0 fully saturated rings. The quantitative estimate of drug-likeness (QED) is 0.476. The van der Waals surface area contributed by atoms with Gasteiger partial charge in [-0.05, 0) is 12.5 Å². The topological polar surface area (TPSA) is 67.2 Å². The minimum absolute atomic E-state index is 0.317. The van der Waals surface area contributed by atoms with E-state index in [0.29, 0.717) is 5.56 Å². The van der Waals surface area contributed by atoms with Crippen LogP contribution in [0.4, 0.5) is 0 Å². The molecule has 0 aliphatic rings. The smallest absolute Gasteiger partial charge is 0.254 e. The standard InChI is InChI=1S/C8H10N2O2/c1-2-6-3-7(8(9)11)5-10(12)4-6/h3-5H,2H2,1H3,(H2-,9,11,12)/p+1. The zero-order valence-corrected chi connectivity index (χ0v) is 6.82. The van der Waals surface area contributed by atoms with Crippen LogP contribution in [0.2, 0.25) is 0 Å². The average molecular weight is 167 g/mol. The van der Waals surface area contributed by atoms with Crippen molar-refractivity contribution in [2.75, 3.05) is 0 Å². The summed E-state index contributed by atoms with van der Waals surface area (Å²) in [7, 11) is 0. The van der Waals surface area contributed by atoms with Crippen LogP contribution >= 0.6 is 0 Å². The summed E-state index contributed by atoms with van der Waals surface area (Å²) < 4.78 is 0.846. The van der Waals surface area contributed by atoms with Crippen LogP contribution in [0, 0.1) is 0 Å². The van der Waals surface area contributed by atoms with Crippen molar-refractivity contribution in [2.45, 2.75) is 13.3 Å². The van der Waals surface area contributed by atoms with E-state index >= 15 is 0 Å². The van der Waals surface area contributed by atoms with Crippen molar-refractivity contribution >= 4 is 5.91 Å². The number of rotatable bonds is 2. The van der Waals surface area contributed by atoms with Crippen LogP contribution in [-0.4, -0.2) is 11.1 Å². The lowest BCUT2D eigenvalue weighted by atomic mass is 10.1. The van der Waals surface area contributed by atoms with Crippen molar-refractivity contribution in [3.8, 4) is 0 Å². The van der Waals surface area contributed by atoms with Crippen LogP contribution in [0.3, 0.4) is 0 Å². The molecule has 12 heavy (non-hydrogen) atoms. The first-order valence-electron chi connectivity index (χ1n) is 3.67. The Balaban J connectivity index is 3.15. The van der Waals surface area contributed by atoms with Crippen LogP contribution in [0.1, 0.15) is 22.8 Å². The fourth-order valence-electron chi connectivity index (χ4n) is 0.952. The third-order valence-electron chi connectivity index (χ3n) is 1.60. The fraction of sp³-hybridized carbons (Fsp3) is 0.250. The molecule has 4 nitrogen and oxygen atoms in total. The minimum Gasteiger partial charge on any atom is -0.365 e. The number of pyridine rings is 1. The Morgan fingerprint density at radius 2 is 2.33 bits per heavy atom. The second-order valence-electron chi connectivity index (χ2n) is 2.53. The number of carbonyl (C=O) groups is 1. The summed E-state index contributed by atoms with van der Waals surface area (Å²) in [5, 5.41) is 9.08. The van der Waals surface area contributed by atoms with Crippen LogP contribution in [0.15, 0.2) is 18.5 Å². The van der Waals surface area contributed by atoms with Crippen molar-refractivity contribution in [3.05, 3.63) is 29.6 Å². The maximum Gasteiger partial charge on any atom is 0.254 e. The zero-order chi connectivity index (χ0) is 9.14. The van der Waals surface area contributed by atoms with Crippen molar-refractivity contribution in [2.24, 2.45) is 5.73 Å². The molecule has 0 bridgehead atoms. The maximum atomic E-state index is 10.7. The van der Waals surface area contributed by atoms with Crippen LogP contribution in [-0.2, 0) is 6.42 Å². The van der Waals surface area contributed by atoms with Gasteiger partial charge in [-0.25, -0.2) is 0 Å². The highest BCUT2D eigenvalue weighted by atomic mass is 16.5. The summed E-state index contributed by atoms with van der Waals surface area (Å²) in [5.41, 5.74) is 6.23. The van der Waals surface area contributed by atoms with Gasteiger partial charge in [0.2, 0.25) is 12.4 Å². The van der Waals surface area contributed by atoms with Gasteiger partial charge in [0.15, 0.2) is 0 Å². The molecule has 4 heteroatoms. The molecule has 1 aromatic rings. The van der Waals surface area contributed by atoms with Gasteiger partial charge in [0.05, 0.1) is 0 Å². The first-order valence-corrected chi connectivity index (χ1v) is 3.67. The number of hydrogen-bond donors (Lipinski definition) is 2. The van der Waals surface area contributed by atoms with Crippen LogP contribution in [0.5, 0.6) is 0 Å². The summed E-state index contributed by atoms with van der Waals surface area (Å²) in [6.07, 6.45) is 3.57. The fourth-order valence-corrected chi connectivity index (χ4v) is 0.952. The van der Waals surface area contributed by atoms with Gasteiger partial charge in [0, 0.05) is 10.3 Å². The molecule has 0 unspecified atom stereocenters. The molecular weight excluding hydrogens is 156 g/mol. The Bertz CT molecular complexity index is 310. The molecule has 1 rings (SSSR count). The lowest BCUT2D eigenvalue weighted by molar-refractivity contribution is -0.905. The Kier molecular flexibility index (Phi) is 2.28. The molecule has 0 atom stereocenters. The molecule has 0 spiro atoms. The lowest BCUT2D eigenvalue weighted by Gasteiger charge is -1.95. The highest BCUT2D eigenvalue weighted by molar-refractivity contribution is 5.92. The predicted molar refractivity (Wildman–Crippen MR) is 41.7 cm³/mol. The van der Waals surface area contributed by atoms with E-state index in [1.807, 2.05) is 6.92 Å². The number of hydrogen-bond acceptors (Lipinski definition) is 2. The van der Waals surface area contributed by atoms with E-state index < -0.39 is 5.91 Å². The van der Waals surface area contributed by atoms with Gasteiger partial charge < -0.3 is 5.73 Å². The first kappa shape index (κ1) is 8.52. The number of amides is 1. The molecule has 0 aliphatic heterocycles. The Morgan fingerprint density at radius 3 is 2.83 bits per heavy atom. The van der Waals surface area contributed by atoms with Gasteiger partial charge in [-0.3, -0.25) is 10.0 Å². The van der Waals surface area contributed by atoms with Crippen LogP contribution in [0.25, 0.3) is 0 Å². The molecule has 1 aromatic heterocycles. The largest absolute Gasteiger partial charge is 0.365 e. The Hall–Kier alpha value is -1.58. The van der Waals surface area contributed by atoms with E-state index in [1.165, 1.54) is 12.4 Å². The highest BCUT2D eigenvalue weighted by Gasteiger charge is 2.09. The molecule has 0 saturated carbocycles. The third-order valence-corrected chi connectivity index (χ3v) is 1.60. The van der Waals surface area contributed by atoms with Gasteiger partial charge in [-0.1, -0.05) is 6.92 Å². The number of primary amides is 1. The van der Waals surface area contributed by atoms with Gasteiger partial charge in [-0.2, -0.15) is 0 Å². The summed E-state index contributed by atoms with van der Waals surface area (Å²) in [6.45, 7) is 1.93. The van der Waals surface area contributed by atoms with Gasteiger partial charge in [0.1, 0.15) is 5.56 Å². The summed E-state index contributed by atoms with van der Waals surface area (Å²) in [6, 6.07) is 1.66. The summed E-state index contributed by atoms with van der Waals surface area (Å²) >= 11 is 0. The molecule has 0 aromatic carbocycles. The molecule has 3 N–H and O–H groups in total. The van der Waals surface area contributed by atoms with E-state index in [0.717, 1.165) is 16.7 Å². The molecule has 1 heterocycles. The molecule has 0 aliphatic carbocycles. The van der Waals surface area contributed by atoms with Gasteiger partial charge in [-0.15, -0.1) is 0 Å². The molecule has 0 radical (unpaired) electrons. The highest BCUT2D eigenvalue weighted by Crippen LogP contribution is 2.00. The molecular formula is C8H11N2O2+. The Labute approximate surface area is 70.2 Å². The normalized spacial score (nSPS) is 9.75. The monoisotopic (exact) mass is 167 g/mol. The van der Waals surface area contributed by atoms with Crippen molar-refractivity contribution in [1.82, 2.24) is 0 Å². The van der Waals surface area contributed by atoms with Gasteiger partial charge in [0.25, 0.3) is 5.91 Å². The third kappa shape index (κ3) is 1.72. The van der Waals surface area contributed by atoms with Crippen molar-refractivity contribution < 1.29 is 14.7 Å². The van der Waals surface area contributed by atoms with E-state index in [4.69, 9.17) is 10.9 Å². The van der Waals surface area contributed by atoms with E-state index in [9.17, 15) is 4.79 Å². The van der Waals surface area contributed by atoms with E-state index in [-0.39, 0.29) is 0 Å². The second kappa shape index (κ2) is 3.21. The zero-order valence-electron chi connectivity index (χ0n) is 6.82. The lowest BCUT2D eigenvalue weighted by Crippen LogP contribution is -2.32. The van der Waals surface area contributed by atoms with E-state index in [2.05, 4.69) is 0 Å². The predicted octanol–water partition coefficient (Wildman–Crippen LogP) is -0.127. The average Bonchev–Trinajstić information content (AvgIpc) is 2.03. The summed E-state index contributed by atoms with van der Waals surface area (Å²) in [4.78, 5) is 10.7. The maximum absolute atomic E-state index is 10.7. The number of carbonyl (C=O) groups excluding carboxylic acids is 1. The van der Waals surface area contributed by atoms with Crippen molar-refractivity contribution in [3.63, 3.8) is 0 Å². The number of nitrogens with two attached hydrogens (primary N) is 1. The van der Waals surface area contributed by atoms with E-state index in [1.54, 1.807) is 6.07 Å². The number of aromatic nitrogens is 1. The minimum atomic E-state index is -0.534. The molecule has 1 amide bonds. The molecule has 0 saturated heterocycles.